The average molecular weight is 472 g/mol. The van der Waals surface area contributed by atoms with Crippen LogP contribution in [-0.4, -0.2) is 59.1 Å². The highest BCUT2D eigenvalue weighted by molar-refractivity contribution is 5.73. The number of hydrogen-bond acceptors (Lipinski definition) is 6. The molecular formula is C21H19F3N8O2. The van der Waals surface area contributed by atoms with Crippen LogP contribution in [0.25, 0.3) is 28.3 Å². The van der Waals surface area contributed by atoms with Crippen molar-refractivity contribution in [2.75, 3.05) is 13.1 Å². The van der Waals surface area contributed by atoms with Crippen LogP contribution >= 0.6 is 0 Å². The van der Waals surface area contributed by atoms with E-state index in [4.69, 9.17) is 14.9 Å². The maximum Gasteiger partial charge on any atom is 0.490 e. The number of aromatic nitrogens is 6. The number of hydrogen-bond donors (Lipinski definition) is 2. The minimum atomic E-state index is -5.08. The molecular weight excluding hydrogens is 453 g/mol. The standard InChI is InChI=1S/C19H18N8.C2HF3O2/c1-25-10-15(9-23-25)16-8-17-22-5-7-27(17)18(24-16)14-2-6-26(11-14)19(3-4-20)12-21-13-19;3-2(4,5)1(6)7/h2,5-11,21H,3,12-13H2,1H3;(H,6,7). The van der Waals surface area contributed by atoms with Crippen LogP contribution in [0.15, 0.2) is 49.3 Å². The molecule has 0 amide bonds. The zero-order valence-electron chi connectivity index (χ0n) is 17.9. The van der Waals surface area contributed by atoms with Crippen LogP contribution in [0.2, 0.25) is 0 Å². The zero-order valence-corrected chi connectivity index (χ0v) is 17.9. The quantitative estimate of drug-likeness (QED) is 0.467. The number of aryl methyl sites for hydroxylation is 1. The topological polar surface area (TPSA) is 126 Å². The Morgan fingerprint density at radius 1 is 1.29 bits per heavy atom. The highest BCUT2D eigenvalue weighted by atomic mass is 19.4. The molecule has 0 aliphatic carbocycles. The molecule has 1 fully saturated rings. The van der Waals surface area contributed by atoms with Gasteiger partial charge in [0.25, 0.3) is 0 Å². The van der Waals surface area contributed by atoms with Gasteiger partial charge in [-0.15, -0.1) is 0 Å². The molecule has 176 valence electrons. The molecule has 5 rings (SSSR count). The number of fused-ring (bicyclic) bond motifs is 1. The fraction of sp³-hybridized carbons (Fsp3) is 0.286. The average Bonchev–Trinajstić information content (AvgIpc) is 3.50. The van der Waals surface area contributed by atoms with E-state index in [9.17, 15) is 18.4 Å². The van der Waals surface area contributed by atoms with Crippen molar-refractivity contribution in [1.82, 2.24) is 34.0 Å². The van der Waals surface area contributed by atoms with Gasteiger partial charge in [0.05, 0.1) is 29.9 Å². The summed E-state index contributed by atoms with van der Waals surface area (Å²) >= 11 is 0. The third-order valence-electron chi connectivity index (χ3n) is 5.45. The smallest absolute Gasteiger partial charge is 0.475 e. The van der Waals surface area contributed by atoms with Gasteiger partial charge in [-0.2, -0.15) is 23.5 Å². The molecule has 1 aliphatic heterocycles. The van der Waals surface area contributed by atoms with Crippen molar-refractivity contribution in [3.63, 3.8) is 0 Å². The number of carboxylic acids is 1. The Hall–Kier alpha value is -4.18. The Kier molecular flexibility index (Phi) is 5.84. The van der Waals surface area contributed by atoms with Gasteiger partial charge < -0.3 is 15.0 Å². The van der Waals surface area contributed by atoms with Gasteiger partial charge in [0.15, 0.2) is 0 Å². The Balaban J connectivity index is 0.000000344. The van der Waals surface area contributed by atoms with E-state index in [0.29, 0.717) is 6.42 Å². The molecule has 0 bridgehead atoms. The lowest BCUT2D eigenvalue weighted by molar-refractivity contribution is -0.192. The van der Waals surface area contributed by atoms with Crippen molar-refractivity contribution in [1.29, 1.82) is 5.26 Å². The van der Waals surface area contributed by atoms with Gasteiger partial charge in [-0.05, 0) is 6.07 Å². The molecule has 0 radical (unpaired) electrons. The van der Waals surface area contributed by atoms with Gasteiger partial charge in [0.2, 0.25) is 0 Å². The molecule has 4 aromatic rings. The van der Waals surface area contributed by atoms with Crippen molar-refractivity contribution >= 4 is 11.6 Å². The minimum absolute atomic E-state index is 0.165. The molecule has 5 heterocycles. The highest BCUT2D eigenvalue weighted by Gasteiger charge is 2.39. The Bertz CT molecular complexity index is 1370. The maximum atomic E-state index is 10.6. The number of nitrogens with one attached hydrogen (secondary N) is 1. The highest BCUT2D eigenvalue weighted by Crippen LogP contribution is 2.30. The molecule has 0 atom stereocenters. The monoisotopic (exact) mass is 472 g/mol. The third-order valence-corrected chi connectivity index (χ3v) is 5.45. The Morgan fingerprint density at radius 2 is 2.03 bits per heavy atom. The number of nitrogens with zero attached hydrogens (tertiary/aromatic N) is 7. The molecule has 0 spiro atoms. The normalized spacial score (nSPS) is 14.7. The van der Waals surface area contributed by atoms with Crippen LogP contribution in [0, 0.1) is 11.3 Å². The van der Waals surface area contributed by atoms with E-state index < -0.39 is 12.1 Å². The van der Waals surface area contributed by atoms with Gasteiger partial charge in [-0.3, -0.25) is 9.08 Å². The lowest BCUT2D eigenvalue weighted by Gasteiger charge is -2.42. The fourth-order valence-corrected chi connectivity index (χ4v) is 3.61. The first-order valence-electron chi connectivity index (χ1n) is 10.0. The molecule has 0 saturated carbocycles. The van der Waals surface area contributed by atoms with Crippen LogP contribution in [0.1, 0.15) is 6.42 Å². The van der Waals surface area contributed by atoms with Crippen molar-refractivity contribution in [2.45, 2.75) is 18.1 Å². The second-order valence-corrected chi connectivity index (χ2v) is 7.80. The molecule has 1 aliphatic rings. The maximum absolute atomic E-state index is 10.6. The zero-order chi connectivity index (χ0) is 24.5. The summed E-state index contributed by atoms with van der Waals surface area (Å²) in [6.07, 6.45) is 6.95. The molecule has 1 saturated heterocycles. The summed E-state index contributed by atoms with van der Waals surface area (Å²) in [6.45, 7) is 1.61. The van der Waals surface area contributed by atoms with Gasteiger partial charge in [0.1, 0.15) is 11.5 Å². The van der Waals surface area contributed by atoms with Gasteiger partial charge in [0, 0.05) is 68.3 Å². The van der Waals surface area contributed by atoms with Crippen LogP contribution in [0.4, 0.5) is 13.2 Å². The summed E-state index contributed by atoms with van der Waals surface area (Å²) in [6, 6.07) is 6.33. The van der Waals surface area contributed by atoms with Crippen LogP contribution in [0.3, 0.4) is 0 Å². The van der Waals surface area contributed by atoms with E-state index in [1.54, 1.807) is 17.1 Å². The number of carbonyl (C=O) groups is 1. The van der Waals surface area contributed by atoms with Gasteiger partial charge in [-0.25, -0.2) is 14.8 Å². The SMILES string of the molecule is Cn1cc(-c2cc3nccn3c(-c3ccn(C4(CC#N)CNC4)c3)n2)cn1.O=C(O)C(F)(F)F. The summed E-state index contributed by atoms with van der Waals surface area (Å²) in [5.41, 5.74) is 3.45. The number of rotatable bonds is 4. The summed E-state index contributed by atoms with van der Waals surface area (Å²) in [4.78, 5) is 18.2. The fourth-order valence-electron chi connectivity index (χ4n) is 3.61. The molecule has 34 heavy (non-hydrogen) atoms. The van der Waals surface area contributed by atoms with E-state index in [1.807, 2.05) is 42.2 Å². The summed E-state index contributed by atoms with van der Waals surface area (Å²) in [7, 11) is 1.89. The van der Waals surface area contributed by atoms with E-state index >= 15 is 0 Å². The lowest BCUT2D eigenvalue weighted by Crippen LogP contribution is -2.60. The largest absolute Gasteiger partial charge is 0.490 e. The van der Waals surface area contributed by atoms with Crippen LogP contribution in [0.5, 0.6) is 0 Å². The minimum Gasteiger partial charge on any atom is -0.475 e. The Morgan fingerprint density at radius 3 is 2.59 bits per heavy atom. The predicted molar refractivity (Wildman–Crippen MR) is 113 cm³/mol. The number of imidazole rings is 1. The van der Waals surface area contributed by atoms with Crippen molar-refractivity contribution < 1.29 is 23.1 Å². The summed E-state index contributed by atoms with van der Waals surface area (Å²) < 4.78 is 37.6. The number of halogens is 3. The molecule has 0 aromatic carbocycles. The van der Waals surface area contributed by atoms with Crippen LogP contribution in [-0.2, 0) is 17.4 Å². The second-order valence-electron chi connectivity index (χ2n) is 7.80. The first kappa shape index (κ1) is 23.0. The van der Waals surface area contributed by atoms with E-state index in [-0.39, 0.29) is 5.54 Å². The van der Waals surface area contributed by atoms with Gasteiger partial charge in [-0.1, -0.05) is 0 Å². The van der Waals surface area contributed by atoms with Crippen molar-refractivity contribution in [3.8, 4) is 28.7 Å². The third kappa shape index (κ3) is 4.35. The first-order valence-corrected chi connectivity index (χ1v) is 10.0. The lowest BCUT2D eigenvalue weighted by atomic mass is 9.89. The molecule has 13 heteroatoms. The summed E-state index contributed by atoms with van der Waals surface area (Å²) in [5.74, 6) is -1.94. The van der Waals surface area contributed by atoms with E-state index in [1.165, 1.54) is 0 Å². The van der Waals surface area contributed by atoms with E-state index in [2.05, 4.69) is 32.2 Å². The number of nitriles is 1. The number of aliphatic carboxylic acids is 1. The summed E-state index contributed by atoms with van der Waals surface area (Å²) in [5, 5.41) is 23.9. The van der Waals surface area contributed by atoms with Crippen molar-refractivity contribution in [2.24, 2.45) is 7.05 Å². The Labute approximate surface area is 190 Å². The molecule has 0 unspecified atom stereocenters. The van der Waals surface area contributed by atoms with Gasteiger partial charge >= 0.3 is 12.1 Å². The first-order chi connectivity index (χ1) is 16.1. The molecule has 10 nitrogen and oxygen atoms in total. The molecule has 2 N–H and O–H groups in total. The molecule has 4 aromatic heterocycles. The van der Waals surface area contributed by atoms with E-state index in [0.717, 1.165) is 41.4 Å². The predicted octanol–water partition coefficient (Wildman–Crippen LogP) is 2.44. The van der Waals surface area contributed by atoms with Crippen LogP contribution < -0.4 is 5.32 Å². The number of carboxylic acid groups (broad SMARTS) is 1. The second kappa shape index (κ2) is 8.64. The number of alkyl halides is 3. The van der Waals surface area contributed by atoms with Crippen molar-refractivity contribution in [3.05, 3.63) is 49.3 Å².